The molecule has 31 heavy (non-hydrogen) atoms. The van der Waals surface area contributed by atoms with E-state index < -0.39 is 6.04 Å². The molecule has 0 radical (unpaired) electrons. The van der Waals surface area contributed by atoms with Gasteiger partial charge in [0.05, 0.1) is 30.3 Å². The highest BCUT2D eigenvalue weighted by Gasteiger charge is 2.53. The maximum Gasteiger partial charge on any atom is 0.290 e. The molecule has 5 unspecified atom stereocenters. The van der Waals surface area contributed by atoms with Crippen LogP contribution in [0.5, 0.6) is 0 Å². The van der Waals surface area contributed by atoms with Crippen molar-refractivity contribution >= 4 is 23.5 Å². The molecule has 0 bridgehead atoms. The minimum Gasteiger partial charge on any atom is -0.483 e. The monoisotopic (exact) mass is 437 g/mol. The zero-order valence-corrected chi connectivity index (χ0v) is 18.9. The van der Waals surface area contributed by atoms with Crippen LogP contribution in [0.4, 0.5) is 0 Å². The minimum atomic E-state index is -0.452. The minimum absolute atomic E-state index is 0.0826. The Hall–Kier alpha value is -2.47. The van der Waals surface area contributed by atoms with Crippen LogP contribution in [0, 0.1) is 17.8 Å². The Morgan fingerprint density at radius 2 is 1.81 bits per heavy atom. The van der Waals surface area contributed by atoms with E-state index in [0.717, 1.165) is 23.3 Å². The summed E-state index contributed by atoms with van der Waals surface area (Å²) in [5, 5.41) is 0. The van der Waals surface area contributed by atoms with Crippen molar-refractivity contribution < 1.29 is 18.7 Å². The van der Waals surface area contributed by atoms with Crippen LogP contribution in [-0.4, -0.2) is 29.0 Å². The number of benzene rings is 1. The van der Waals surface area contributed by atoms with Crippen molar-refractivity contribution in [1.82, 2.24) is 4.90 Å². The molecule has 3 aliphatic rings. The lowest BCUT2D eigenvalue weighted by Crippen LogP contribution is -2.43. The number of furan rings is 1. The van der Waals surface area contributed by atoms with Crippen LogP contribution in [0.1, 0.15) is 44.1 Å². The lowest BCUT2D eigenvalue weighted by atomic mass is 9.70. The molecule has 1 fully saturated rings. The van der Waals surface area contributed by atoms with Crippen molar-refractivity contribution in [2.24, 2.45) is 17.8 Å². The van der Waals surface area contributed by atoms with Crippen molar-refractivity contribution in [2.45, 2.75) is 50.3 Å². The summed E-state index contributed by atoms with van der Waals surface area (Å²) in [6.45, 7) is 4.71. The highest BCUT2D eigenvalue weighted by Crippen LogP contribution is 2.49. The van der Waals surface area contributed by atoms with E-state index in [1.165, 1.54) is 0 Å². The number of rotatable bonds is 4. The van der Waals surface area contributed by atoms with Gasteiger partial charge in [-0.05, 0) is 60.8 Å². The lowest BCUT2D eigenvalue weighted by molar-refractivity contribution is -0.137. The molecular weight excluding hydrogens is 410 g/mol. The summed E-state index contributed by atoms with van der Waals surface area (Å²) < 4.78 is 11.8. The van der Waals surface area contributed by atoms with Gasteiger partial charge in [0.1, 0.15) is 11.9 Å². The second kappa shape index (κ2) is 7.90. The topological polar surface area (TPSA) is 59.8 Å². The molecule has 2 aliphatic heterocycles. The summed E-state index contributed by atoms with van der Waals surface area (Å²) in [5.41, 5.74) is 1.45. The van der Waals surface area contributed by atoms with Gasteiger partial charge in [0.2, 0.25) is 0 Å². The number of thioether (sulfide) groups is 1. The molecule has 162 valence electrons. The van der Waals surface area contributed by atoms with E-state index >= 15 is 0 Å². The lowest BCUT2D eigenvalue weighted by Gasteiger charge is -2.40. The summed E-state index contributed by atoms with van der Waals surface area (Å²) in [7, 11) is 0. The Morgan fingerprint density at radius 1 is 1.06 bits per heavy atom. The Labute approximate surface area is 186 Å². The number of hydrogen-bond acceptors (Lipinski definition) is 5. The number of carbonyl (C=O) groups is 2. The molecule has 5 atom stereocenters. The number of carbonyl (C=O) groups excluding carboxylic acids is 2. The van der Waals surface area contributed by atoms with Crippen molar-refractivity contribution in [2.75, 3.05) is 6.26 Å². The van der Waals surface area contributed by atoms with Gasteiger partial charge in [0.25, 0.3) is 5.91 Å². The molecular formula is C25H27NO4S. The molecule has 3 heterocycles. The molecule has 1 aromatic carbocycles. The van der Waals surface area contributed by atoms with Crippen molar-refractivity contribution in [3.05, 3.63) is 65.3 Å². The highest BCUT2D eigenvalue weighted by atomic mass is 32.2. The molecule has 0 spiro atoms. The predicted octanol–water partition coefficient (Wildman–Crippen LogP) is 4.99. The molecule has 2 aromatic rings. The van der Waals surface area contributed by atoms with Crippen LogP contribution in [0.15, 0.2) is 63.3 Å². The summed E-state index contributed by atoms with van der Waals surface area (Å²) in [5.74, 6) is 1.56. The first-order valence-electron chi connectivity index (χ1n) is 10.9. The SMILES string of the molecule is CSc1ccc(C2C3=C(OC4CC(C)C(C)CC4C3=O)C(=O)N2Cc2ccco2)cc1. The molecule has 1 aromatic heterocycles. The van der Waals surface area contributed by atoms with Crippen molar-refractivity contribution in [3.63, 3.8) is 0 Å². The second-order valence-electron chi connectivity index (χ2n) is 8.98. The van der Waals surface area contributed by atoms with Crippen LogP contribution < -0.4 is 0 Å². The highest BCUT2D eigenvalue weighted by molar-refractivity contribution is 7.98. The van der Waals surface area contributed by atoms with Gasteiger partial charge in [0.15, 0.2) is 11.5 Å². The van der Waals surface area contributed by atoms with E-state index in [1.54, 1.807) is 22.9 Å². The smallest absolute Gasteiger partial charge is 0.290 e. The standard InChI is InChI=1S/C25H27NO4S/c1-14-11-19-20(12-15(14)2)30-24-21(23(19)27)22(16-6-8-18(31-3)9-7-16)26(25(24)28)13-17-5-4-10-29-17/h4-10,14-15,19-20,22H,11-13H2,1-3H3. The van der Waals surface area contributed by atoms with E-state index in [0.29, 0.717) is 29.7 Å². The number of ketones is 1. The maximum absolute atomic E-state index is 13.7. The fourth-order valence-electron chi connectivity index (χ4n) is 5.17. The van der Waals surface area contributed by atoms with E-state index in [1.807, 2.05) is 42.7 Å². The van der Waals surface area contributed by atoms with Gasteiger partial charge in [-0.1, -0.05) is 26.0 Å². The Bertz CT molecular complexity index is 1030. The molecule has 5 rings (SSSR count). The maximum atomic E-state index is 13.7. The number of amides is 1. The second-order valence-corrected chi connectivity index (χ2v) is 9.86. The number of Topliss-reactive ketones (excluding diaryl/α,β-unsaturated/α-hetero) is 1. The quantitative estimate of drug-likeness (QED) is 0.631. The first kappa shape index (κ1) is 20.4. The molecule has 0 N–H and O–H groups in total. The third-order valence-electron chi connectivity index (χ3n) is 7.14. The van der Waals surface area contributed by atoms with Crippen LogP contribution in [0.25, 0.3) is 0 Å². The van der Waals surface area contributed by atoms with E-state index in [2.05, 4.69) is 13.8 Å². The first-order valence-corrected chi connectivity index (χ1v) is 12.1. The molecule has 1 amide bonds. The average Bonchev–Trinajstić information content (AvgIpc) is 3.38. The predicted molar refractivity (Wildman–Crippen MR) is 118 cm³/mol. The van der Waals surface area contributed by atoms with Crippen molar-refractivity contribution in [3.8, 4) is 0 Å². The van der Waals surface area contributed by atoms with Gasteiger partial charge >= 0.3 is 0 Å². The fraction of sp³-hybridized carbons (Fsp3) is 0.440. The van der Waals surface area contributed by atoms with Crippen LogP contribution in [-0.2, 0) is 20.9 Å². The van der Waals surface area contributed by atoms with Gasteiger partial charge in [0, 0.05) is 4.90 Å². The number of nitrogens with zero attached hydrogens (tertiary/aromatic N) is 1. The molecule has 1 saturated carbocycles. The van der Waals surface area contributed by atoms with E-state index in [-0.39, 0.29) is 29.5 Å². The number of fused-ring (bicyclic) bond motifs is 1. The third-order valence-corrected chi connectivity index (χ3v) is 7.89. The Kier molecular flexibility index (Phi) is 5.21. The zero-order valence-electron chi connectivity index (χ0n) is 18.0. The van der Waals surface area contributed by atoms with Gasteiger partial charge in [-0.3, -0.25) is 9.59 Å². The summed E-state index contributed by atoms with van der Waals surface area (Å²) in [6.07, 6.45) is 5.05. The normalized spacial score (nSPS) is 30.3. The van der Waals surface area contributed by atoms with Gasteiger partial charge in [-0.25, -0.2) is 0 Å². The number of hydrogen-bond donors (Lipinski definition) is 0. The largest absolute Gasteiger partial charge is 0.483 e. The molecule has 6 heteroatoms. The summed E-state index contributed by atoms with van der Waals surface area (Å²) >= 11 is 1.66. The average molecular weight is 438 g/mol. The van der Waals surface area contributed by atoms with Crippen LogP contribution >= 0.6 is 11.8 Å². The van der Waals surface area contributed by atoms with Gasteiger partial charge in [-0.15, -0.1) is 11.8 Å². The summed E-state index contributed by atoms with van der Waals surface area (Å²) in [6, 6.07) is 11.3. The number of ether oxygens (including phenoxy) is 1. The van der Waals surface area contributed by atoms with Crippen molar-refractivity contribution in [1.29, 1.82) is 0 Å². The van der Waals surface area contributed by atoms with Crippen LogP contribution in [0.3, 0.4) is 0 Å². The zero-order chi connectivity index (χ0) is 21.7. The Morgan fingerprint density at radius 3 is 2.48 bits per heavy atom. The van der Waals surface area contributed by atoms with E-state index in [4.69, 9.17) is 9.15 Å². The molecule has 5 nitrogen and oxygen atoms in total. The van der Waals surface area contributed by atoms with Crippen LogP contribution in [0.2, 0.25) is 0 Å². The van der Waals surface area contributed by atoms with Gasteiger partial charge in [-0.2, -0.15) is 0 Å². The first-order chi connectivity index (χ1) is 15.0. The molecule has 1 aliphatic carbocycles. The fourth-order valence-corrected chi connectivity index (χ4v) is 5.58. The Balaban J connectivity index is 1.57. The third kappa shape index (κ3) is 3.41. The molecule has 0 saturated heterocycles. The van der Waals surface area contributed by atoms with Gasteiger partial charge < -0.3 is 14.1 Å². The van der Waals surface area contributed by atoms with E-state index in [9.17, 15) is 9.59 Å². The summed E-state index contributed by atoms with van der Waals surface area (Å²) in [4.78, 5) is 30.1.